The predicted molar refractivity (Wildman–Crippen MR) is 102 cm³/mol. The number of carbonyl (C=O) groups is 1. The third kappa shape index (κ3) is 2.66. The molecule has 0 spiro atoms. The lowest BCUT2D eigenvalue weighted by Crippen LogP contribution is -2.40. The van der Waals surface area contributed by atoms with Crippen molar-refractivity contribution in [2.45, 2.75) is 45.9 Å². The first-order valence-corrected chi connectivity index (χ1v) is 9.25. The average molecular weight is 352 g/mol. The Morgan fingerprint density at radius 2 is 1.88 bits per heavy atom. The molecular weight excluding hydrogens is 328 g/mol. The van der Waals surface area contributed by atoms with Gasteiger partial charge in [0.2, 0.25) is 0 Å². The second-order valence-electron chi connectivity index (χ2n) is 7.02. The fourth-order valence-corrected chi connectivity index (χ4v) is 3.84. The van der Waals surface area contributed by atoms with Gasteiger partial charge in [0.15, 0.2) is 5.78 Å². The van der Waals surface area contributed by atoms with Crippen LogP contribution in [0.25, 0.3) is 11.0 Å². The predicted octanol–water partition coefficient (Wildman–Crippen LogP) is 2.11. The van der Waals surface area contributed by atoms with Gasteiger partial charge in [0.05, 0.1) is 22.9 Å². The largest absolute Gasteiger partial charge is 0.363 e. The van der Waals surface area contributed by atoms with E-state index in [2.05, 4.69) is 17.6 Å². The molecule has 0 saturated carbocycles. The molecule has 2 aliphatic rings. The lowest BCUT2D eigenvalue weighted by Gasteiger charge is -2.21. The molecule has 0 radical (unpaired) electrons. The number of allylic oxidation sites excluding steroid dienone is 3. The monoisotopic (exact) mass is 352 g/mol. The smallest absolute Gasteiger partial charge is 0.329 e. The number of aryl methyl sites for hydroxylation is 2. The zero-order valence-electron chi connectivity index (χ0n) is 15.2. The number of ketones is 1. The van der Waals surface area contributed by atoms with Crippen LogP contribution in [0.15, 0.2) is 52.6 Å². The normalized spacial score (nSPS) is 20.2. The Morgan fingerprint density at radius 3 is 2.58 bits per heavy atom. The SMILES string of the molecule is CCn1c(=O)n(CCC(C)C2NC3=C(N2)C(=O)CC=C3)c2ccccc21. The number of nitrogens with one attached hydrogen (secondary N) is 2. The molecule has 1 aromatic carbocycles. The van der Waals surface area contributed by atoms with Gasteiger partial charge in [-0.15, -0.1) is 0 Å². The molecule has 26 heavy (non-hydrogen) atoms. The maximum Gasteiger partial charge on any atom is 0.329 e. The summed E-state index contributed by atoms with van der Waals surface area (Å²) in [5, 5.41) is 6.72. The summed E-state index contributed by atoms with van der Waals surface area (Å²) in [7, 11) is 0. The van der Waals surface area contributed by atoms with Crippen LogP contribution in [0.4, 0.5) is 0 Å². The quantitative estimate of drug-likeness (QED) is 0.865. The van der Waals surface area contributed by atoms with Crippen LogP contribution in [-0.4, -0.2) is 21.1 Å². The van der Waals surface area contributed by atoms with E-state index in [9.17, 15) is 9.59 Å². The van der Waals surface area contributed by atoms with E-state index in [-0.39, 0.29) is 23.6 Å². The van der Waals surface area contributed by atoms with Crippen molar-refractivity contribution in [2.75, 3.05) is 0 Å². The van der Waals surface area contributed by atoms with Crippen LogP contribution in [-0.2, 0) is 17.9 Å². The van der Waals surface area contributed by atoms with Gasteiger partial charge < -0.3 is 10.6 Å². The summed E-state index contributed by atoms with van der Waals surface area (Å²) >= 11 is 0. The van der Waals surface area contributed by atoms with E-state index in [0.717, 1.165) is 23.2 Å². The Kier molecular flexibility index (Phi) is 4.18. The summed E-state index contributed by atoms with van der Waals surface area (Å²) in [5.74, 6) is 0.393. The van der Waals surface area contributed by atoms with Gasteiger partial charge in [-0.3, -0.25) is 13.9 Å². The van der Waals surface area contributed by atoms with Gasteiger partial charge in [-0.1, -0.05) is 25.1 Å². The van der Waals surface area contributed by atoms with Crippen LogP contribution >= 0.6 is 0 Å². The van der Waals surface area contributed by atoms with Crippen molar-refractivity contribution in [2.24, 2.45) is 5.92 Å². The second kappa shape index (κ2) is 6.52. The Labute approximate surface area is 152 Å². The van der Waals surface area contributed by atoms with Crippen LogP contribution in [0.3, 0.4) is 0 Å². The molecule has 0 amide bonds. The minimum atomic E-state index is 0.0157. The van der Waals surface area contributed by atoms with E-state index in [0.29, 0.717) is 25.2 Å². The highest BCUT2D eigenvalue weighted by molar-refractivity contribution is 5.98. The molecule has 6 heteroatoms. The fraction of sp³-hybridized carbons (Fsp3) is 0.400. The maximum atomic E-state index is 12.7. The van der Waals surface area contributed by atoms with Crippen molar-refractivity contribution in [3.05, 3.63) is 58.3 Å². The second-order valence-corrected chi connectivity index (χ2v) is 7.02. The summed E-state index contributed by atoms with van der Waals surface area (Å²) < 4.78 is 3.68. The van der Waals surface area contributed by atoms with Gasteiger partial charge in [0.1, 0.15) is 5.70 Å². The summed E-state index contributed by atoms with van der Waals surface area (Å²) in [4.78, 5) is 24.7. The zero-order chi connectivity index (χ0) is 18.3. The minimum absolute atomic E-state index is 0.0157. The maximum absolute atomic E-state index is 12.7. The average Bonchev–Trinajstić information content (AvgIpc) is 3.19. The standard InChI is InChI=1S/C20H24N4O2/c1-3-23-15-8-4-5-9-16(15)24(20(23)26)12-11-13(2)19-21-14-7-6-10-17(25)18(14)22-19/h4-9,13,19,21-22H,3,10-12H2,1-2H3. The summed E-state index contributed by atoms with van der Waals surface area (Å²) in [6.07, 6.45) is 5.17. The molecule has 0 bridgehead atoms. The Bertz CT molecular complexity index is 979. The topological polar surface area (TPSA) is 68.1 Å². The van der Waals surface area contributed by atoms with Crippen LogP contribution < -0.4 is 16.3 Å². The van der Waals surface area contributed by atoms with Crippen LogP contribution in [0.2, 0.25) is 0 Å². The Balaban J connectivity index is 1.49. The van der Waals surface area contributed by atoms with Gasteiger partial charge >= 0.3 is 5.69 Å². The van der Waals surface area contributed by atoms with Gasteiger partial charge in [0, 0.05) is 19.5 Å². The van der Waals surface area contributed by atoms with E-state index >= 15 is 0 Å². The van der Waals surface area contributed by atoms with E-state index in [1.165, 1.54) is 0 Å². The molecule has 2 N–H and O–H groups in total. The first-order valence-electron chi connectivity index (χ1n) is 9.25. The molecule has 1 aliphatic carbocycles. The van der Waals surface area contributed by atoms with Crippen molar-refractivity contribution < 1.29 is 4.79 Å². The molecule has 6 nitrogen and oxygen atoms in total. The number of benzene rings is 1. The van der Waals surface area contributed by atoms with Crippen molar-refractivity contribution in [1.29, 1.82) is 0 Å². The summed E-state index contributed by atoms with van der Waals surface area (Å²) in [6, 6.07) is 7.94. The zero-order valence-corrected chi connectivity index (χ0v) is 15.2. The molecule has 136 valence electrons. The number of carbonyl (C=O) groups excluding carboxylic acids is 1. The van der Waals surface area contributed by atoms with Crippen LogP contribution in [0, 0.1) is 5.92 Å². The van der Waals surface area contributed by atoms with Gasteiger partial charge in [-0.25, -0.2) is 4.79 Å². The van der Waals surface area contributed by atoms with Crippen molar-refractivity contribution in [3.63, 3.8) is 0 Å². The number of hydrogen-bond acceptors (Lipinski definition) is 4. The lowest BCUT2D eigenvalue weighted by molar-refractivity contribution is -0.115. The number of hydrogen-bond donors (Lipinski definition) is 2. The number of Topliss-reactive ketones (excluding diaryl/α,β-unsaturated/α-hetero) is 1. The molecule has 2 atom stereocenters. The number of nitrogens with zero attached hydrogens (tertiary/aromatic N) is 2. The molecule has 1 aromatic heterocycles. The van der Waals surface area contributed by atoms with Crippen molar-refractivity contribution in [1.82, 2.24) is 19.8 Å². The molecule has 1 aliphatic heterocycles. The van der Waals surface area contributed by atoms with E-state index < -0.39 is 0 Å². The number of para-hydroxylation sites is 2. The van der Waals surface area contributed by atoms with E-state index in [1.807, 2.05) is 52.5 Å². The third-order valence-corrected chi connectivity index (χ3v) is 5.37. The van der Waals surface area contributed by atoms with E-state index in [4.69, 9.17) is 0 Å². The third-order valence-electron chi connectivity index (χ3n) is 5.37. The highest BCUT2D eigenvalue weighted by atomic mass is 16.1. The number of imidazole rings is 1. The molecular formula is C20H24N4O2. The minimum Gasteiger partial charge on any atom is -0.363 e. The first kappa shape index (κ1) is 16.7. The van der Waals surface area contributed by atoms with Gasteiger partial charge in [-0.2, -0.15) is 0 Å². The van der Waals surface area contributed by atoms with Gasteiger partial charge in [0.25, 0.3) is 0 Å². The van der Waals surface area contributed by atoms with Crippen LogP contribution in [0.1, 0.15) is 26.7 Å². The molecule has 0 saturated heterocycles. The molecule has 2 heterocycles. The highest BCUT2D eigenvalue weighted by Gasteiger charge is 2.30. The Hall–Kier alpha value is -2.76. The van der Waals surface area contributed by atoms with Crippen LogP contribution in [0.5, 0.6) is 0 Å². The van der Waals surface area contributed by atoms with Gasteiger partial charge in [-0.05, 0) is 37.5 Å². The first-order chi connectivity index (χ1) is 12.6. The summed E-state index contributed by atoms with van der Waals surface area (Å²) in [5.41, 5.74) is 3.60. The molecule has 4 rings (SSSR count). The molecule has 2 aromatic rings. The van der Waals surface area contributed by atoms with E-state index in [1.54, 1.807) is 0 Å². The number of fused-ring (bicyclic) bond motifs is 1. The molecule has 0 fully saturated rings. The highest BCUT2D eigenvalue weighted by Crippen LogP contribution is 2.22. The van der Waals surface area contributed by atoms with Crippen molar-refractivity contribution >= 4 is 16.8 Å². The summed E-state index contributed by atoms with van der Waals surface area (Å²) in [6.45, 7) is 5.45. The Morgan fingerprint density at radius 1 is 1.15 bits per heavy atom. The number of aromatic nitrogens is 2. The van der Waals surface area contributed by atoms with Crippen molar-refractivity contribution in [3.8, 4) is 0 Å². The molecule has 2 unspecified atom stereocenters. The fourth-order valence-electron chi connectivity index (χ4n) is 3.84. The lowest BCUT2D eigenvalue weighted by atomic mass is 10.0. The number of rotatable bonds is 5.